The molecule has 10 nitrogen and oxygen atoms in total. The number of benzene rings is 3. The van der Waals surface area contributed by atoms with E-state index in [-0.39, 0.29) is 29.3 Å². The molecule has 2 saturated heterocycles. The normalized spacial score (nSPS) is 19.6. The van der Waals surface area contributed by atoms with Gasteiger partial charge in [-0.1, -0.05) is 66.2 Å². The summed E-state index contributed by atoms with van der Waals surface area (Å²) in [5.74, 6) is -0.580. The van der Waals surface area contributed by atoms with Gasteiger partial charge in [-0.15, -0.1) is 11.3 Å². The highest BCUT2D eigenvalue weighted by Crippen LogP contribution is 2.38. The summed E-state index contributed by atoms with van der Waals surface area (Å²) in [7, 11) is 1.32. The SMILES string of the molecule is COC(=O)C1=C(CN2CCN3C(=O)N(C(C)(C)c4ccc(-c5ccc(CO)cc5)cc4)C[C@@H]3C2)NC(c2nccs2)=N[C@H]1c1ccc(F)cc1Cl. The van der Waals surface area contributed by atoms with Crippen molar-refractivity contribution in [2.24, 2.45) is 4.99 Å². The number of urea groups is 1. The summed E-state index contributed by atoms with van der Waals surface area (Å²) in [6.07, 6.45) is 1.68. The lowest BCUT2D eigenvalue weighted by atomic mass is 9.90. The van der Waals surface area contributed by atoms with Crippen molar-refractivity contribution < 1.29 is 23.8 Å². The molecule has 1 aromatic heterocycles. The fourth-order valence-electron chi connectivity index (χ4n) is 7.10. The minimum atomic E-state index is -0.849. The Morgan fingerprint density at radius 2 is 1.80 bits per heavy atom. The molecule has 0 saturated carbocycles. The number of nitrogens with zero attached hydrogens (tertiary/aromatic N) is 5. The molecule has 264 valence electrons. The Kier molecular flexibility index (Phi) is 9.68. The second kappa shape index (κ2) is 14.2. The summed E-state index contributed by atoms with van der Waals surface area (Å²) >= 11 is 7.93. The quantitative estimate of drug-likeness (QED) is 0.205. The number of halogens is 2. The molecular weight excluding hydrogens is 691 g/mol. The van der Waals surface area contributed by atoms with E-state index in [0.717, 1.165) is 22.3 Å². The van der Waals surface area contributed by atoms with Crippen LogP contribution in [0.4, 0.5) is 9.18 Å². The number of ether oxygens (including phenoxy) is 1. The second-order valence-electron chi connectivity index (χ2n) is 13.4. The van der Waals surface area contributed by atoms with Crippen LogP contribution >= 0.6 is 22.9 Å². The molecule has 3 aromatic carbocycles. The van der Waals surface area contributed by atoms with E-state index in [9.17, 15) is 19.1 Å². The summed E-state index contributed by atoms with van der Waals surface area (Å²) in [6, 6.07) is 19.3. The van der Waals surface area contributed by atoms with Crippen LogP contribution in [0.5, 0.6) is 0 Å². The number of aliphatic hydroxyl groups excluding tert-OH is 1. The molecule has 0 radical (unpaired) electrons. The number of methoxy groups -OCH3 is 1. The zero-order valence-corrected chi connectivity index (χ0v) is 30.0. The number of carbonyl (C=O) groups excluding carboxylic acids is 2. The van der Waals surface area contributed by atoms with E-state index >= 15 is 0 Å². The molecule has 4 aromatic rings. The first-order valence-corrected chi connectivity index (χ1v) is 18.0. The van der Waals surface area contributed by atoms with Crippen LogP contribution in [-0.4, -0.2) is 88.5 Å². The minimum absolute atomic E-state index is 0.00257. The van der Waals surface area contributed by atoms with Crippen LogP contribution in [0.3, 0.4) is 0 Å². The largest absolute Gasteiger partial charge is 0.466 e. The first-order chi connectivity index (χ1) is 24.6. The van der Waals surface area contributed by atoms with Crippen LogP contribution in [0.25, 0.3) is 11.1 Å². The monoisotopic (exact) mass is 728 g/mol. The first-order valence-electron chi connectivity index (χ1n) is 16.7. The number of piperazine rings is 1. The van der Waals surface area contributed by atoms with Gasteiger partial charge in [0, 0.05) is 60.6 Å². The maximum absolute atomic E-state index is 14.1. The predicted octanol–water partition coefficient (Wildman–Crippen LogP) is 5.97. The molecule has 0 aliphatic carbocycles. The molecule has 51 heavy (non-hydrogen) atoms. The maximum Gasteiger partial charge on any atom is 0.338 e. The van der Waals surface area contributed by atoms with Gasteiger partial charge in [0.2, 0.25) is 0 Å². The van der Waals surface area contributed by atoms with Crippen LogP contribution in [0.2, 0.25) is 5.02 Å². The molecule has 2 N–H and O–H groups in total. The third-order valence-electron chi connectivity index (χ3n) is 9.98. The Bertz CT molecular complexity index is 2000. The van der Waals surface area contributed by atoms with Crippen LogP contribution in [0.1, 0.15) is 41.6 Å². The van der Waals surface area contributed by atoms with Crippen molar-refractivity contribution in [2.75, 3.05) is 39.8 Å². The minimum Gasteiger partial charge on any atom is -0.466 e. The molecule has 2 atom stereocenters. The molecular formula is C38H38ClFN6O4S. The Morgan fingerprint density at radius 3 is 2.45 bits per heavy atom. The van der Waals surface area contributed by atoms with Gasteiger partial charge in [-0.05, 0) is 48.2 Å². The Labute approximate surface area is 304 Å². The first kappa shape index (κ1) is 34.8. The third kappa shape index (κ3) is 6.76. The standard InChI is InChI=1S/C38H38ClFN6O4S/c1-38(2,26-10-8-25(9-11-26)24-6-4-23(22-47)5-7-24)46-20-28-19-44(15-16-45(28)37(46)49)21-31-32(36(48)50-3)33(29-13-12-27(40)18-30(29)39)43-34(42-31)35-41-14-17-51-35/h4-14,17-18,28,33,47H,15-16,19-22H2,1-3H3,(H,42,43)/t28-,33-/m0/s1. The van der Waals surface area contributed by atoms with Gasteiger partial charge >= 0.3 is 12.0 Å². The lowest BCUT2D eigenvalue weighted by Gasteiger charge is -2.38. The van der Waals surface area contributed by atoms with Gasteiger partial charge in [-0.25, -0.2) is 19.0 Å². The number of aromatic nitrogens is 1. The molecule has 7 rings (SSSR count). The van der Waals surface area contributed by atoms with Gasteiger partial charge in [0.15, 0.2) is 10.8 Å². The van der Waals surface area contributed by atoms with E-state index in [1.165, 1.54) is 30.6 Å². The van der Waals surface area contributed by atoms with E-state index in [0.29, 0.717) is 54.8 Å². The number of nitrogens with one attached hydrogen (secondary N) is 1. The van der Waals surface area contributed by atoms with Crippen molar-refractivity contribution in [3.63, 3.8) is 0 Å². The van der Waals surface area contributed by atoms with Gasteiger partial charge in [0.25, 0.3) is 0 Å². The third-order valence-corrected chi connectivity index (χ3v) is 11.1. The zero-order valence-electron chi connectivity index (χ0n) is 28.5. The number of carbonyl (C=O) groups is 2. The van der Waals surface area contributed by atoms with E-state index in [4.69, 9.17) is 21.3 Å². The zero-order chi connectivity index (χ0) is 35.9. The van der Waals surface area contributed by atoms with Crippen molar-refractivity contribution in [1.82, 2.24) is 25.0 Å². The smallest absolute Gasteiger partial charge is 0.338 e. The summed E-state index contributed by atoms with van der Waals surface area (Å²) in [6.45, 7) is 6.76. The Balaban J connectivity index is 1.12. The fraction of sp³-hybridized carbons (Fsp3) is 0.316. The highest BCUT2D eigenvalue weighted by molar-refractivity contribution is 7.11. The fourth-order valence-corrected chi connectivity index (χ4v) is 7.96. The van der Waals surface area contributed by atoms with E-state index < -0.39 is 23.4 Å². The molecule has 3 aliphatic rings. The molecule has 3 aliphatic heterocycles. The van der Waals surface area contributed by atoms with Crippen LogP contribution < -0.4 is 5.32 Å². The summed E-state index contributed by atoms with van der Waals surface area (Å²) in [4.78, 5) is 42.7. The van der Waals surface area contributed by atoms with Gasteiger partial charge in [-0.2, -0.15) is 0 Å². The topological polar surface area (TPSA) is 111 Å². The van der Waals surface area contributed by atoms with Gasteiger partial charge < -0.3 is 25.0 Å². The van der Waals surface area contributed by atoms with Crippen molar-refractivity contribution >= 4 is 40.8 Å². The molecule has 0 spiro atoms. The van der Waals surface area contributed by atoms with Crippen molar-refractivity contribution in [2.45, 2.75) is 38.1 Å². The van der Waals surface area contributed by atoms with E-state index in [1.807, 2.05) is 39.4 Å². The molecule has 2 amide bonds. The molecule has 2 fully saturated rings. The number of thiazole rings is 1. The predicted molar refractivity (Wildman–Crippen MR) is 195 cm³/mol. The maximum atomic E-state index is 14.1. The average molecular weight is 729 g/mol. The van der Waals surface area contributed by atoms with Crippen LogP contribution in [0, 0.1) is 5.82 Å². The van der Waals surface area contributed by atoms with E-state index in [2.05, 4.69) is 53.3 Å². The van der Waals surface area contributed by atoms with Crippen LogP contribution in [-0.2, 0) is 21.7 Å². The summed E-state index contributed by atoms with van der Waals surface area (Å²) in [5.41, 5.74) is 4.80. The van der Waals surface area contributed by atoms with Gasteiger partial charge in [0.1, 0.15) is 11.9 Å². The molecule has 4 heterocycles. The number of fused-ring (bicyclic) bond motifs is 1. The Morgan fingerprint density at radius 1 is 1.08 bits per heavy atom. The molecule has 0 unspecified atom stereocenters. The number of hydrogen-bond acceptors (Lipinski definition) is 9. The van der Waals surface area contributed by atoms with Crippen LogP contribution in [0.15, 0.2) is 94.6 Å². The second-order valence-corrected chi connectivity index (χ2v) is 14.7. The van der Waals surface area contributed by atoms with Crippen molar-refractivity contribution in [3.05, 3.63) is 122 Å². The summed E-state index contributed by atoms with van der Waals surface area (Å²) < 4.78 is 19.3. The number of amides is 2. The Hall–Kier alpha value is -4.62. The number of esters is 1. The summed E-state index contributed by atoms with van der Waals surface area (Å²) in [5, 5.41) is 15.4. The van der Waals surface area contributed by atoms with Gasteiger partial charge in [-0.3, -0.25) is 9.89 Å². The average Bonchev–Trinajstić information content (AvgIpc) is 3.80. The molecule has 0 bridgehead atoms. The number of aliphatic hydroxyl groups is 1. The highest BCUT2D eigenvalue weighted by Gasteiger charge is 2.47. The lowest BCUT2D eigenvalue weighted by Crippen LogP contribution is -2.53. The number of hydrogen-bond donors (Lipinski definition) is 2. The molecule has 13 heteroatoms. The van der Waals surface area contributed by atoms with E-state index in [1.54, 1.807) is 12.3 Å². The number of aliphatic imine (C=N–C) groups is 1. The van der Waals surface area contributed by atoms with Crippen molar-refractivity contribution in [3.8, 4) is 11.1 Å². The lowest BCUT2D eigenvalue weighted by molar-refractivity contribution is -0.136. The highest BCUT2D eigenvalue weighted by atomic mass is 35.5. The number of rotatable bonds is 9. The van der Waals surface area contributed by atoms with Gasteiger partial charge in [0.05, 0.1) is 30.9 Å². The number of amidine groups is 1. The van der Waals surface area contributed by atoms with Crippen molar-refractivity contribution in [1.29, 1.82) is 0 Å².